The highest BCUT2D eigenvalue weighted by Crippen LogP contribution is 2.35. The van der Waals surface area contributed by atoms with Crippen LogP contribution in [0.25, 0.3) is 67.3 Å². The SMILES string of the molecule is c1ccc(-c2ccc(-c3cccc(-c4ccccc4-c4cccc(-c5ccc(-c6ccccn6)cn5)c4)c3)nc2)nc1. The molecule has 3 aromatic carbocycles. The fourth-order valence-electron chi connectivity index (χ4n) is 5.18. The first kappa shape index (κ1) is 25.2. The molecular weight excluding hydrogens is 512 g/mol. The molecule has 0 atom stereocenters. The summed E-state index contributed by atoms with van der Waals surface area (Å²) in [5, 5.41) is 0. The molecule has 0 amide bonds. The normalized spacial score (nSPS) is 10.9. The first-order chi connectivity index (χ1) is 20.8. The van der Waals surface area contributed by atoms with Crippen molar-refractivity contribution >= 4 is 0 Å². The topological polar surface area (TPSA) is 51.6 Å². The molecule has 198 valence electrons. The Kier molecular flexibility index (Phi) is 6.85. The maximum atomic E-state index is 4.76. The maximum absolute atomic E-state index is 4.76. The lowest BCUT2D eigenvalue weighted by Gasteiger charge is -2.13. The van der Waals surface area contributed by atoms with Crippen LogP contribution in [0.4, 0.5) is 0 Å². The molecule has 0 spiro atoms. The lowest BCUT2D eigenvalue weighted by Crippen LogP contribution is -1.90. The van der Waals surface area contributed by atoms with Gasteiger partial charge in [-0.25, -0.2) is 0 Å². The summed E-state index contributed by atoms with van der Waals surface area (Å²) in [5.74, 6) is 0. The van der Waals surface area contributed by atoms with Crippen LogP contribution in [0.2, 0.25) is 0 Å². The zero-order chi connectivity index (χ0) is 28.1. The van der Waals surface area contributed by atoms with Crippen LogP contribution in [-0.4, -0.2) is 19.9 Å². The Labute approximate surface area is 245 Å². The molecule has 0 bridgehead atoms. The molecule has 0 radical (unpaired) electrons. The van der Waals surface area contributed by atoms with E-state index in [2.05, 4.69) is 107 Å². The summed E-state index contributed by atoms with van der Waals surface area (Å²) >= 11 is 0. The van der Waals surface area contributed by atoms with Gasteiger partial charge in [-0.1, -0.05) is 72.8 Å². The number of nitrogens with zero attached hydrogens (tertiary/aromatic N) is 4. The summed E-state index contributed by atoms with van der Waals surface area (Å²) in [5.41, 5.74) is 12.4. The second kappa shape index (κ2) is 11.4. The number of hydrogen-bond donors (Lipinski definition) is 0. The largest absolute Gasteiger partial charge is 0.256 e. The summed E-state index contributed by atoms with van der Waals surface area (Å²) < 4.78 is 0. The minimum absolute atomic E-state index is 0.917. The third-order valence-corrected chi connectivity index (χ3v) is 7.31. The van der Waals surface area contributed by atoms with E-state index in [-0.39, 0.29) is 0 Å². The molecule has 0 fully saturated rings. The van der Waals surface area contributed by atoms with E-state index in [0.717, 1.165) is 56.2 Å². The Morgan fingerprint density at radius 2 is 0.714 bits per heavy atom. The van der Waals surface area contributed by atoms with Crippen molar-refractivity contribution in [2.75, 3.05) is 0 Å². The molecule has 7 aromatic rings. The van der Waals surface area contributed by atoms with Crippen molar-refractivity contribution in [2.24, 2.45) is 0 Å². The van der Waals surface area contributed by atoms with Crippen LogP contribution in [0.15, 0.2) is 158 Å². The molecule has 4 heterocycles. The standard InChI is InChI=1S/C38H26N4/c1-2-14-34(28-10-8-12-30(24-28)38-20-18-32(26-42-38)36-16-4-6-22-40-36)33(13-1)27-9-7-11-29(23-27)37-19-17-31(25-41-37)35-15-3-5-21-39-35/h1-26H. The van der Waals surface area contributed by atoms with E-state index in [0.29, 0.717) is 0 Å². The van der Waals surface area contributed by atoms with E-state index in [1.807, 2.05) is 48.8 Å². The van der Waals surface area contributed by atoms with Gasteiger partial charge in [0.1, 0.15) is 0 Å². The number of benzene rings is 3. The highest BCUT2D eigenvalue weighted by Gasteiger charge is 2.11. The minimum atomic E-state index is 0.917. The number of hydrogen-bond acceptors (Lipinski definition) is 4. The van der Waals surface area contributed by atoms with Gasteiger partial charge in [0.05, 0.1) is 22.8 Å². The van der Waals surface area contributed by atoms with Crippen molar-refractivity contribution in [1.82, 2.24) is 19.9 Å². The van der Waals surface area contributed by atoms with Gasteiger partial charge in [-0.3, -0.25) is 19.9 Å². The molecule has 0 saturated heterocycles. The van der Waals surface area contributed by atoms with E-state index >= 15 is 0 Å². The second-order valence-electron chi connectivity index (χ2n) is 10.0. The summed E-state index contributed by atoms with van der Waals surface area (Å²) in [6.45, 7) is 0. The van der Waals surface area contributed by atoms with E-state index in [9.17, 15) is 0 Å². The molecule has 0 saturated carbocycles. The molecule has 0 aliphatic heterocycles. The van der Waals surface area contributed by atoms with Crippen LogP contribution < -0.4 is 0 Å². The van der Waals surface area contributed by atoms with Gasteiger partial charge in [-0.05, 0) is 82.9 Å². The van der Waals surface area contributed by atoms with Crippen molar-refractivity contribution in [3.63, 3.8) is 0 Å². The monoisotopic (exact) mass is 538 g/mol. The van der Waals surface area contributed by atoms with Gasteiger partial charge >= 0.3 is 0 Å². The van der Waals surface area contributed by atoms with E-state index in [1.54, 1.807) is 12.4 Å². The molecule has 4 nitrogen and oxygen atoms in total. The molecule has 0 N–H and O–H groups in total. The number of rotatable bonds is 6. The van der Waals surface area contributed by atoms with Crippen molar-refractivity contribution in [3.05, 3.63) is 158 Å². The number of aromatic nitrogens is 4. The van der Waals surface area contributed by atoms with Crippen molar-refractivity contribution < 1.29 is 0 Å². The predicted molar refractivity (Wildman–Crippen MR) is 170 cm³/mol. The maximum Gasteiger partial charge on any atom is 0.0717 e. The first-order valence-electron chi connectivity index (χ1n) is 13.9. The van der Waals surface area contributed by atoms with Gasteiger partial charge in [0.15, 0.2) is 0 Å². The van der Waals surface area contributed by atoms with Gasteiger partial charge in [-0.2, -0.15) is 0 Å². The van der Waals surface area contributed by atoms with Crippen LogP contribution in [0.1, 0.15) is 0 Å². The number of pyridine rings is 4. The van der Waals surface area contributed by atoms with E-state index < -0.39 is 0 Å². The zero-order valence-electron chi connectivity index (χ0n) is 22.8. The van der Waals surface area contributed by atoms with Crippen molar-refractivity contribution in [3.8, 4) is 67.3 Å². The Morgan fingerprint density at radius 3 is 1.12 bits per heavy atom. The fraction of sp³-hybridized carbons (Fsp3) is 0. The average Bonchev–Trinajstić information content (AvgIpc) is 3.09. The van der Waals surface area contributed by atoms with E-state index in [4.69, 9.17) is 9.97 Å². The van der Waals surface area contributed by atoms with Crippen molar-refractivity contribution in [2.45, 2.75) is 0 Å². The van der Waals surface area contributed by atoms with Gasteiger partial charge in [0.2, 0.25) is 0 Å². The lowest BCUT2D eigenvalue weighted by molar-refractivity contribution is 1.28. The quantitative estimate of drug-likeness (QED) is 0.212. The van der Waals surface area contributed by atoms with Gasteiger partial charge in [-0.15, -0.1) is 0 Å². The summed E-state index contributed by atoms with van der Waals surface area (Å²) in [4.78, 5) is 18.4. The molecule has 42 heavy (non-hydrogen) atoms. The Morgan fingerprint density at radius 1 is 0.286 bits per heavy atom. The Balaban J connectivity index is 1.20. The summed E-state index contributed by atoms with van der Waals surface area (Å²) in [7, 11) is 0. The Hall–Kier alpha value is -5.74. The van der Waals surface area contributed by atoms with Crippen LogP contribution in [-0.2, 0) is 0 Å². The van der Waals surface area contributed by atoms with Crippen LogP contribution in [0, 0.1) is 0 Å². The third-order valence-electron chi connectivity index (χ3n) is 7.31. The first-order valence-corrected chi connectivity index (χ1v) is 13.9. The van der Waals surface area contributed by atoms with Crippen LogP contribution in [0.5, 0.6) is 0 Å². The fourth-order valence-corrected chi connectivity index (χ4v) is 5.18. The molecule has 4 heteroatoms. The molecule has 0 aliphatic carbocycles. The van der Waals surface area contributed by atoms with Crippen LogP contribution >= 0.6 is 0 Å². The molecule has 7 rings (SSSR count). The molecule has 0 aliphatic rings. The third kappa shape index (κ3) is 5.21. The van der Waals surface area contributed by atoms with Gasteiger partial charge in [0.25, 0.3) is 0 Å². The highest BCUT2D eigenvalue weighted by atomic mass is 14.7. The Bertz CT molecular complexity index is 1800. The zero-order valence-corrected chi connectivity index (χ0v) is 22.8. The summed E-state index contributed by atoms with van der Waals surface area (Å²) in [6.07, 6.45) is 7.38. The minimum Gasteiger partial charge on any atom is -0.256 e. The van der Waals surface area contributed by atoms with Crippen molar-refractivity contribution in [1.29, 1.82) is 0 Å². The smallest absolute Gasteiger partial charge is 0.0717 e. The second-order valence-corrected chi connectivity index (χ2v) is 10.0. The molecular formula is C38H26N4. The lowest BCUT2D eigenvalue weighted by atomic mass is 9.92. The van der Waals surface area contributed by atoms with Gasteiger partial charge < -0.3 is 0 Å². The predicted octanol–water partition coefficient (Wildman–Crippen LogP) is 9.27. The highest BCUT2D eigenvalue weighted by molar-refractivity contribution is 5.86. The molecule has 4 aromatic heterocycles. The average molecular weight is 539 g/mol. The summed E-state index contributed by atoms with van der Waals surface area (Å²) in [6, 6.07) is 45.8. The van der Waals surface area contributed by atoms with Crippen LogP contribution in [0.3, 0.4) is 0 Å². The van der Waals surface area contributed by atoms with Gasteiger partial charge in [0, 0.05) is 47.0 Å². The van der Waals surface area contributed by atoms with E-state index in [1.165, 1.54) is 11.1 Å². The molecule has 0 unspecified atom stereocenters.